The molecule has 1 aliphatic heterocycles. The Morgan fingerprint density at radius 1 is 1.03 bits per heavy atom. The van der Waals surface area contributed by atoms with Gasteiger partial charge in [-0.3, -0.25) is 29.6 Å². The van der Waals surface area contributed by atoms with Crippen LogP contribution in [0.1, 0.15) is 40.5 Å². The fourth-order valence-corrected chi connectivity index (χ4v) is 3.41. The molecule has 190 valence electrons. The van der Waals surface area contributed by atoms with Gasteiger partial charge in [0.2, 0.25) is 5.91 Å². The van der Waals surface area contributed by atoms with Gasteiger partial charge in [-0.05, 0) is 42.8 Å². The van der Waals surface area contributed by atoms with E-state index in [-0.39, 0.29) is 18.5 Å². The van der Waals surface area contributed by atoms with E-state index in [1.54, 1.807) is 24.3 Å². The Hall–Kier alpha value is -4.41. The molecule has 1 fully saturated rings. The highest BCUT2D eigenvalue weighted by Crippen LogP contribution is 2.20. The second-order valence-electron chi connectivity index (χ2n) is 7.92. The number of nitrogens with zero attached hydrogens (tertiary/aromatic N) is 1. The normalized spacial score (nSPS) is 14.7. The lowest BCUT2D eigenvalue weighted by atomic mass is 10.1. The largest absolute Gasteiger partial charge is 0.496 e. The van der Waals surface area contributed by atoms with Gasteiger partial charge in [0.15, 0.2) is 6.61 Å². The summed E-state index contributed by atoms with van der Waals surface area (Å²) in [6.45, 7) is 1.56. The lowest BCUT2D eigenvalue weighted by Gasteiger charge is -2.18. The van der Waals surface area contributed by atoms with Gasteiger partial charge in [0.05, 0.1) is 37.3 Å². The monoisotopic (exact) mass is 497 g/mol. The van der Waals surface area contributed by atoms with E-state index >= 15 is 0 Å². The zero-order chi connectivity index (χ0) is 26.1. The topological polar surface area (TPSA) is 140 Å². The van der Waals surface area contributed by atoms with Gasteiger partial charge in [0.25, 0.3) is 11.8 Å². The van der Waals surface area contributed by atoms with E-state index in [1.807, 2.05) is 6.92 Å². The van der Waals surface area contributed by atoms with E-state index in [0.717, 1.165) is 5.01 Å². The molecule has 1 aliphatic rings. The van der Waals surface area contributed by atoms with Crippen molar-refractivity contribution in [3.05, 3.63) is 59.7 Å². The fraction of sp³-hybridized carbons (Fsp3) is 0.320. The van der Waals surface area contributed by atoms with E-state index in [2.05, 4.69) is 10.7 Å². The van der Waals surface area contributed by atoms with Gasteiger partial charge in [0.1, 0.15) is 5.75 Å². The first kappa shape index (κ1) is 26.2. The smallest absolute Gasteiger partial charge is 0.338 e. The number of hydrazine groups is 1. The molecule has 0 spiro atoms. The molecule has 1 saturated heterocycles. The van der Waals surface area contributed by atoms with Crippen LogP contribution in [0.5, 0.6) is 5.75 Å². The molecular weight excluding hydrogens is 470 g/mol. The van der Waals surface area contributed by atoms with Crippen molar-refractivity contribution in [1.29, 1.82) is 0 Å². The lowest BCUT2D eigenvalue weighted by Crippen LogP contribution is -2.43. The van der Waals surface area contributed by atoms with E-state index in [9.17, 15) is 24.0 Å². The molecule has 0 bridgehead atoms. The Balaban J connectivity index is 1.46. The number of para-hydroxylation sites is 1. The maximum absolute atomic E-state index is 12.5. The van der Waals surface area contributed by atoms with Gasteiger partial charge in [-0.2, -0.15) is 0 Å². The van der Waals surface area contributed by atoms with Gasteiger partial charge in [-0.1, -0.05) is 19.1 Å². The van der Waals surface area contributed by atoms with Gasteiger partial charge >= 0.3 is 11.9 Å². The second-order valence-corrected chi connectivity index (χ2v) is 7.92. The van der Waals surface area contributed by atoms with Crippen LogP contribution in [0.4, 0.5) is 5.69 Å². The molecule has 0 saturated carbocycles. The number of rotatable bonds is 10. The summed E-state index contributed by atoms with van der Waals surface area (Å²) in [5, 5.41) is 3.60. The third-order valence-corrected chi connectivity index (χ3v) is 5.23. The fourth-order valence-electron chi connectivity index (χ4n) is 3.41. The molecule has 3 amide bonds. The summed E-state index contributed by atoms with van der Waals surface area (Å²) in [5.74, 6) is -3.29. The first-order chi connectivity index (χ1) is 17.3. The number of benzene rings is 2. The highest BCUT2D eigenvalue weighted by Gasteiger charge is 2.37. The first-order valence-corrected chi connectivity index (χ1v) is 11.3. The van der Waals surface area contributed by atoms with Gasteiger partial charge < -0.3 is 19.5 Å². The first-order valence-electron chi connectivity index (χ1n) is 11.3. The lowest BCUT2D eigenvalue weighted by molar-refractivity contribution is -0.151. The van der Waals surface area contributed by atoms with Crippen LogP contribution in [0.2, 0.25) is 0 Å². The minimum Gasteiger partial charge on any atom is -0.496 e. The second kappa shape index (κ2) is 12.3. The van der Waals surface area contributed by atoms with Crippen LogP contribution in [-0.2, 0) is 23.9 Å². The Kier molecular flexibility index (Phi) is 8.98. The van der Waals surface area contributed by atoms with Crippen LogP contribution >= 0.6 is 0 Å². The summed E-state index contributed by atoms with van der Waals surface area (Å²) in [5.41, 5.74) is 3.46. The van der Waals surface area contributed by atoms with Crippen molar-refractivity contribution in [2.24, 2.45) is 5.92 Å². The molecule has 11 heteroatoms. The predicted molar refractivity (Wildman–Crippen MR) is 127 cm³/mol. The van der Waals surface area contributed by atoms with Crippen molar-refractivity contribution in [2.75, 3.05) is 32.2 Å². The minimum atomic E-state index is -0.836. The third kappa shape index (κ3) is 6.81. The molecule has 0 aliphatic carbocycles. The molecule has 0 unspecified atom stereocenters. The Labute approximate surface area is 207 Å². The molecule has 2 aromatic rings. The van der Waals surface area contributed by atoms with Crippen LogP contribution in [-0.4, -0.2) is 61.5 Å². The van der Waals surface area contributed by atoms with E-state index < -0.39 is 42.2 Å². The zero-order valence-electron chi connectivity index (χ0n) is 19.9. The van der Waals surface area contributed by atoms with E-state index in [0.29, 0.717) is 30.0 Å². The average molecular weight is 498 g/mol. The quantitative estimate of drug-likeness (QED) is 0.475. The number of carbonyl (C=O) groups is 5. The molecule has 3 rings (SSSR count). The number of anilines is 1. The highest BCUT2D eigenvalue weighted by atomic mass is 16.5. The van der Waals surface area contributed by atoms with E-state index in [4.69, 9.17) is 14.2 Å². The third-order valence-electron chi connectivity index (χ3n) is 5.23. The number of hydrogen-bond acceptors (Lipinski definition) is 8. The Morgan fingerprint density at radius 3 is 2.44 bits per heavy atom. The van der Waals surface area contributed by atoms with Crippen molar-refractivity contribution in [3.63, 3.8) is 0 Å². The number of nitrogens with one attached hydrogen (secondary N) is 2. The van der Waals surface area contributed by atoms with Gasteiger partial charge in [-0.15, -0.1) is 0 Å². The zero-order valence-corrected chi connectivity index (χ0v) is 19.9. The number of carbonyl (C=O) groups excluding carboxylic acids is 5. The van der Waals surface area contributed by atoms with Crippen LogP contribution in [0.25, 0.3) is 0 Å². The summed E-state index contributed by atoms with van der Waals surface area (Å²) >= 11 is 0. The number of hydrogen-bond donors (Lipinski definition) is 2. The maximum atomic E-state index is 12.5. The van der Waals surface area contributed by atoms with Crippen molar-refractivity contribution in [1.82, 2.24) is 10.4 Å². The molecule has 0 aromatic heterocycles. The van der Waals surface area contributed by atoms with Gasteiger partial charge in [0, 0.05) is 12.1 Å². The van der Waals surface area contributed by atoms with Crippen LogP contribution in [0, 0.1) is 5.92 Å². The standard InChI is InChI=1S/C25H27N3O8/c1-3-12-35-24(32)16-8-10-18(11-9-16)26-21(29)15-36-25(33)17-13-22(30)28(14-17)27-23(31)19-6-4-5-7-20(19)34-2/h4-11,17H,3,12-15H2,1-2H3,(H,26,29)(H,27,31)/t17-/m1/s1. The van der Waals surface area contributed by atoms with Crippen LogP contribution in [0.15, 0.2) is 48.5 Å². The number of esters is 2. The van der Waals surface area contributed by atoms with Gasteiger partial charge in [-0.25, -0.2) is 4.79 Å². The molecule has 36 heavy (non-hydrogen) atoms. The van der Waals surface area contributed by atoms with Crippen LogP contribution < -0.4 is 15.5 Å². The SMILES string of the molecule is CCCOC(=O)c1ccc(NC(=O)COC(=O)[C@@H]2CC(=O)N(NC(=O)c3ccccc3OC)C2)cc1. The summed E-state index contributed by atoms with van der Waals surface area (Å²) in [6, 6.07) is 12.6. The summed E-state index contributed by atoms with van der Waals surface area (Å²) in [4.78, 5) is 61.2. The van der Waals surface area contributed by atoms with Crippen molar-refractivity contribution in [3.8, 4) is 5.75 Å². The number of amides is 3. The molecule has 1 heterocycles. The summed E-state index contributed by atoms with van der Waals surface area (Å²) in [6.07, 6.45) is 0.547. The number of ether oxygens (including phenoxy) is 3. The van der Waals surface area contributed by atoms with E-state index in [1.165, 1.54) is 31.4 Å². The maximum Gasteiger partial charge on any atom is 0.338 e. The molecule has 11 nitrogen and oxygen atoms in total. The highest BCUT2D eigenvalue weighted by molar-refractivity contribution is 5.99. The molecule has 0 radical (unpaired) electrons. The van der Waals surface area contributed by atoms with Crippen molar-refractivity contribution < 1.29 is 38.2 Å². The molecule has 2 N–H and O–H groups in total. The Bertz CT molecular complexity index is 1130. The Morgan fingerprint density at radius 2 is 1.75 bits per heavy atom. The summed E-state index contributed by atoms with van der Waals surface area (Å²) < 4.78 is 15.2. The minimum absolute atomic E-state index is 0.0875. The molecule has 1 atom stereocenters. The number of methoxy groups -OCH3 is 1. The molecule has 2 aromatic carbocycles. The van der Waals surface area contributed by atoms with Crippen molar-refractivity contribution in [2.45, 2.75) is 19.8 Å². The predicted octanol–water partition coefficient (Wildman–Crippen LogP) is 1.94. The van der Waals surface area contributed by atoms with Crippen molar-refractivity contribution >= 4 is 35.3 Å². The van der Waals surface area contributed by atoms with Crippen LogP contribution in [0.3, 0.4) is 0 Å². The summed E-state index contributed by atoms with van der Waals surface area (Å²) in [7, 11) is 1.43. The molecular formula is C25H27N3O8. The average Bonchev–Trinajstić information content (AvgIpc) is 3.26.